The van der Waals surface area contributed by atoms with Crippen molar-refractivity contribution in [2.75, 3.05) is 13.1 Å². The van der Waals surface area contributed by atoms with Crippen molar-refractivity contribution in [1.29, 1.82) is 0 Å². The van der Waals surface area contributed by atoms with Crippen LogP contribution >= 0.6 is 23.2 Å². The van der Waals surface area contributed by atoms with Crippen LogP contribution in [0.5, 0.6) is 0 Å². The molecule has 0 saturated carbocycles. The number of allylic oxidation sites excluding steroid dienone is 1. The number of alkyl halides is 3. The minimum Gasteiger partial charge on any atom is -0.330 e. The lowest BCUT2D eigenvalue weighted by Crippen LogP contribution is -2.57. The number of benzene rings is 2. The molecule has 1 fully saturated rings. The fourth-order valence-electron chi connectivity index (χ4n) is 5.11. The molecule has 3 nitrogen and oxygen atoms in total. The Kier molecular flexibility index (Phi) is 8.95. The van der Waals surface area contributed by atoms with Crippen LogP contribution in [0.25, 0.3) is 0 Å². The fourth-order valence-corrected chi connectivity index (χ4v) is 5.43. The second-order valence-corrected chi connectivity index (χ2v) is 10.3. The third-order valence-electron chi connectivity index (χ3n) is 6.76. The van der Waals surface area contributed by atoms with Gasteiger partial charge in [0.1, 0.15) is 0 Å². The summed E-state index contributed by atoms with van der Waals surface area (Å²) in [6.07, 6.45) is -1.10. The maximum Gasteiger partial charge on any atom is 0.401 e. The SMILES string of the molecule is C=CC[C@@]1(C)C[C@H](c2cccc(Cl)c2)C(c2ccc(Cl)cc2)N(C(CC)CNCC(F)(F)F)C1=O. The molecular formula is C27H31Cl2F3N2O. The number of amides is 1. The molecule has 0 spiro atoms. The van der Waals surface area contributed by atoms with Gasteiger partial charge in [0.05, 0.1) is 18.0 Å². The molecule has 1 amide bonds. The third-order valence-corrected chi connectivity index (χ3v) is 7.24. The lowest BCUT2D eigenvalue weighted by Gasteiger charge is -2.52. The number of likely N-dealkylation sites (tertiary alicyclic amines) is 1. The molecule has 1 aliphatic rings. The molecule has 1 heterocycles. The highest BCUT2D eigenvalue weighted by Gasteiger charge is 2.50. The van der Waals surface area contributed by atoms with E-state index in [-0.39, 0.29) is 18.4 Å². The second kappa shape index (κ2) is 11.4. The summed E-state index contributed by atoms with van der Waals surface area (Å²) >= 11 is 12.5. The van der Waals surface area contributed by atoms with Gasteiger partial charge in [0.15, 0.2) is 0 Å². The summed E-state index contributed by atoms with van der Waals surface area (Å²) in [4.78, 5) is 15.9. The van der Waals surface area contributed by atoms with Crippen LogP contribution in [-0.2, 0) is 4.79 Å². The van der Waals surface area contributed by atoms with E-state index in [0.29, 0.717) is 29.3 Å². The van der Waals surface area contributed by atoms with Gasteiger partial charge in [-0.3, -0.25) is 4.79 Å². The van der Waals surface area contributed by atoms with Crippen molar-refractivity contribution in [2.24, 2.45) is 5.41 Å². The lowest BCUT2D eigenvalue weighted by atomic mass is 9.67. The zero-order chi connectivity index (χ0) is 25.8. The number of hydrogen-bond donors (Lipinski definition) is 1. The van der Waals surface area contributed by atoms with Crippen molar-refractivity contribution in [2.45, 2.75) is 57.3 Å². The van der Waals surface area contributed by atoms with Gasteiger partial charge in [-0.2, -0.15) is 13.2 Å². The van der Waals surface area contributed by atoms with E-state index in [4.69, 9.17) is 23.2 Å². The molecule has 2 aromatic rings. The van der Waals surface area contributed by atoms with Crippen LogP contribution in [0.1, 0.15) is 56.2 Å². The van der Waals surface area contributed by atoms with Gasteiger partial charge in [-0.1, -0.05) is 67.4 Å². The van der Waals surface area contributed by atoms with Crippen molar-refractivity contribution in [3.8, 4) is 0 Å². The fraction of sp³-hybridized carbons (Fsp3) is 0.444. The summed E-state index contributed by atoms with van der Waals surface area (Å²) in [5.41, 5.74) is 1.10. The number of carbonyl (C=O) groups is 1. The molecule has 2 unspecified atom stereocenters. The highest BCUT2D eigenvalue weighted by molar-refractivity contribution is 6.30. The van der Waals surface area contributed by atoms with Gasteiger partial charge in [0, 0.05) is 28.5 Å². The molecule has 3 rings (SSSR count). The largest absolute Gasteiger partial charge is 0.401 e. The van der Waals surface area contributed by atoms with Crippen LogP contribution in [0.4, 0.5) is 13.2 Å². The van der Waals surface area contributed by atoms with Crippen LogP contribution in [0.3, 0.4) is 0 Å². The predicted octanol–water partition coefficient (Wildman–Crippen LogP) is 7.56. The molecule has 1 saturated heterocycles. The Morgan fingerprint density at radius 2 is 1.86 bits per heavy atom. The molecule has 1 aliphatic heterocycles. The monoisotopic (exact) mass is 526 g/mol. The standard InChI is InChI=1S/C27H31Cl2F3N2O/c1-4-13-26(3)15-23(19-7-6-8-21(29)14-19)24(18-9-11-20(28)12-10-18)34(25(26)35)22(5-2)16-33-17-27(30,31)32/h4,6-12,14,22-24,33H,1,5,13,15-17H2,2-3H3/t22?,23-,24?,26+/m1/s1. The van der Waals surface area contributed by atoms with E-state index >= 15 is 0 Å². The van der Waals surface area contributed by atoms with E-state index in [1.54, 1.807) is 29.2 Å². The van der Waals surface area contributed by atoms with Crippen LogP contribution in [0.15, 0.2) is 61.2 Å². The van der Waals surface area contributed by atoms with Gasteiger partial charge in [0.2, 0.25) is 5.91 Å². The number of piperidine rings is 1. The molecular weight excluding hydrogens is 496 g/mol. The molecule has 4 atom stereocenters. The Morgan fingerprint density at radius 1 is 1.17 bits per heavy atom. The van der Waals surface area contributed by atoms with Crippen LogP contribution < -0.4 is 5.32 Å². The Hall–Kier alpha value is -2.02. The van der Waals surface area contributed by atoms with E-state index in [1.807, 2.05) is 44.2 Å². The van der Waals surface area contributed by atoms with E-state index in [9.17, 15) is 18.0 Å². The molecule has 0 bridgehead atoms. The van der Waals surface area contributed by atoms with E-state index in [2.05, 4.69) is 11.9 Å². The maximum atomic E-state index is 14.1. The average Bonchev–Trinajstić information content (AvgIpc) is 2.79. The van der Waals surface area contributed by atoms with Crippen molar-refractivity contribution in [3.63, 3.8) is 0 Å². The van der Waals surface area contributed by atoms with Crippen molar-refractivity contribution in [1.82, 2.24) is 10.2 Å². The summed E-state index contributed by atoms with van der Waals surface area (Å²) < 4.78 is 38.6. The van der Waals surface area contributed by atoms with Crippen LogP contribution in [0, 0.1) is 5.41 Å². The number of halogens is 5. The smallest absolute Gasteiger partial charge is 0.330 e. The van der Waals surface area contributed by atoms with Gasteiger partial charge in [-0.05, 0) is 54.7 Å². The topological polar surface area (TPSA) is 32.3 Å². The van der Waals surface area contributed by atoms with Crippen LogP contribution in [-0.4, -0.2) is 36.1 Å². The first-order chi connectivity index (χ1) is 16.5. The zero-order valence-corrected chi connectivity index (χ0v) is 21.4. The van der Waals surface area contributed by atoms with Gasteiger partial charge in [-0.25, -0.2) is 0 Å². The summed E-state index contributed by atoms with van der Waals surface area (Å²) in [6.45, 7) is 6.57. The van der Waals surface area contributed by atoms with Gasteiger partial charge < -0.3 is 10.2 Å². The van der Waals surface area contributed by atoms with Crippen molar-refractivity contribution in [3.05, 3.63) is 82.4 Å². The molecule has 0 radical (unpaired) electrons. The molecule has 0 aromatic heterocycles. The molecule has 2 aromatic carbocycles. The minimum atomic E-state index is -4.33. The molecule has 190 valence electrons. The number of carbonyl (C=O) groups excluding carboxylic acids is 1. The molecule has 0 aliphatic carbocycles. The average molecular weight is 527 g/mol. The Morgan fingerprint density at radius 3 is 2.43 bits per heavy atom. The minimum absolute atomic E-state index is 0.0261. The number of nitrogens with one attached hydrogen (secondary N) is 1. The summed E-state index contributed by atoms with van der Waals surface area (Å²) in [6, 6.07) is 14.0. The molecule has 1 N–H and O–H groups in total. The van der Waals surface area contributed by atoms with Crippen molar-refractivity contribution >= 4 is 29.1 Å². The normalized spacial score (nSPS) is 23.9. The number of nitrogens with zero attached hydrogens (tertiary/aromatic N) is 1. The van der Waals surface area contributed by atoms with E-state index < -0.39 is 30.2 Å². The first-order valence-corrected chi connectivity index (χ1v) is 12.5. The summed E-state index contributed by atoms with van der Waals surface area (Å²) in [7, 11) is 0. The summed E-state index contributed by atoms with van der Waals surface area (Å²) in [5.74, 6) is -0.217. The van der Waals surface area contributed by atoms with Crippen LogP contribution in [0.2, 0.25) is 10.0 Å². The Bertz CT molecular complexity index is 1030. The zero-order valence-electron chi connectivity index (χ0n) is 19.9. The second-order valence-electron chi connectivity index (χ2n) is 9.44. The van der Waals surface area contributed by atoms with Gasteiger partial charge in [-0.15, -0.1) is 6.58 Å². The number of rotatable bonds is 9. The molecule has 35 heavy (non-hydrogen) atoms. The van der Waals surface area contributed by atoms with E-state index in [1.165, 1.54) is 0 Å². The number of hydrogen-bond acceptors (Lipinski definition) is 2. The summed E-state index contributed by atoms with van der Waals surface area (Å²) in [5, 5.41) is 3.67. The predicted molar refractivity (Wildman–Crippen MR) is 136 cm³/mol. The van der Waals surface area contributed by atoms with Gasteiger partial charge >= 0.3 is 6.18 Å². The highest BCUT2D eigenvalue weighted by atomic mass is 35.5. The first kappa shape index (κ1) is 27.6. The highest BCUT2D eigenvalue weighted by Crippen LogP contribution is 2.52. The Balaban J connectivity index is 2.13. The molecule has 8 heteroatoms. The van der Waals surface area contributed by atoms with E-state index in [0.717, 1.165) is 11.1 Å². The maximum absolute atomic E-state index is 14.1. The quantitative estimate of drug-likeness (QED) is 0.342. The third kappa shape index (κ3) is 6.60. The lowest BCUT2D eigenvalue weighted by molar-refractivity contribution is -0.154. The van der Waals surface area contributed by atoms with Gasteiger partial charge in [0.25, 0.3) is 0 Å². The Labute approximate surface area is 215 Å². The van der Waals surface area contributed by atoms with Crippen molar-refractivity contribution < 1.29 is 18.0 Å². The first-order valence-electron chi connectivity index (χ1n) is 11.7.